The SMILES string of the molecule is CCC1C(=O)NCCN1C(=O)C1C=CC(N)C1. The van der Waals surface area contributed by atoms with Crippen molar-refractivity contribution in [2.24, 2.45) is 11.7 Å². The Morgan fingerprint density at radius 2 is 2.35 bits per heavy atom. The van der Waals surface area contributed by atoms with Gasteiger partial charge in [-0.3, -0.25) is 9.59 Å². The molecule has 17 heavy (non-hydrogen) atoms. The molecular formula is C12H19N3O2. The Morgan fingerprint density at radius 1 is 1.59 bits per heavy atom. The van der Waals surface area contributed by atoms with Gasteiger partial charge in [-0.05, 0) is 12.8 Å². The lowest BCUT2D eigenvalue weighted by atomic mass is 10.0. The maximum absolute atomic E-state index is 12.3. The van der Waals surface area contributed by atoms with Gasteiger partial charge in [0.15, 0.2) is 0 Å². The second-order valence-corrected chi connectivity index (χ2v) is 4.64. The van der Waals surface area contributed by atoms with Gasteiger partial charge in [-0.25, -0.2) is 0 Å². The zero-order valence-electron chi connectivity index (χ0n) is 10.1. The maximum atomic E-state index is 12.3. The molecule has 0 spiro atoms. The van der Waals surface area contributed by atoms with Crippen molar-refractivity contribution in [1.82, 2.24) is 10.2 Å². The number of rotatable bonds is 2. The molecule has 0 bridgehead atoms. The van der Waals surface area contributed by atoms with Crippen LogP contribution >= 0.6 is 0 Å². The van der Waals surface area contributed by atoms with Crippen LogP contribution in [0, 0.1) is 5.92 Å². The summed E-state index contributed by atoms with van der Waals surface area (Å²) in [7, 11) is 0. The third-order valence-corrected chi connectivity index (χ3v) is 3.43. The summed E-state index contributed by atoms with van der Waals surface area (Å²) in [6.07, 6.45) is 5.05. The van der Waals surface area contributed by atoms with Gasteiger partial charge < -0.3 is 16.0 Å². The van der Waals surface area contributed by atoms with Gasteiger partial charge in [0.05, 0.1) is 5.92 Å². The highest BCUT2D eigenvalue weighted by atomic mass is 16.2. The molecule has 5 heteroatoms. The Bertz CT molecular complexity index is 354. The molecule has 1 saturated heterocycles. The molecule has 5 nitrogen and oxygen atoms in total. The smallest absolute Gasteiger partial charge is 0.242 e. The van der Waals surface area contributed by atoms with Gasteiger partial charge in [-0.2, -0.15) is 0 Å². The van der Waals surface area contributed by atoms with Gasteiger partial charge in [-0.15, -0.1) is 0 Å². The van der Waals surface area contributed by atoms with Crippen molar-refractivity contribution in [3.05, 3.63) is 12.2 Å². The van der Waals surface area contributed by atoms with E-state index in [1.807, 2.05) is 19.1 Å². The standard InChI is InChI=1S/C12H19N3O2/c1-2-10-11(16)14-5-6-15(10)12(17)8-3-4-9(13)7-8/h3-4,8-10H,2,5-7,13H2,1H3,(H,14,16). The minimum atomic E-state index is -0.318. The molecule has 0 saturated carbocycles. The Kier molecular flexibility index (Phi) is 3.47. The van der Waals surface area contributed by atoms with Crippen molar-refractivity contribution in [2.45, 2.75) is 31.8 Å². The highest BCUT2D eigenvalue weighted by Crippen LogP contribution is 2.21. The first-order valence-corrected chi connectivity index (χ1v) is 6.15. The molecule has 94 valence electrons. The molecular weight excluding hydrogens is 218 g/mol. The molecule has 2 aliphatic rings. The molecule has 3 unspecified atom stereocenters. The van der Waals surface area contributed by atoms with Gasteiger partial charge in [0, 0.05) is 19.1 Å². The summed E-state index contributed by atoms with van der Waals surface area (Å²) in [6, 6.07) is -0.343. The van der Waals surface area contributed by atoms with Crippen molar-refractivity contribution in [1.29, 1.82) is 0 Å². The maximum Gasteiger partial charge on any atom is 0.242 e. The van der Waals surface area contributed by atoms with Crippen LogP contribution in [0.3, 0.4) is 0 Å². The van der Waals surface area contributed by atoms with Gasteiger partial charge in [0.25, 0.3) is 0 Å². The molecule has 0 aromatic rings. The van der Waals surface area contributed by atoms with Gasteiger partial charge in [-0.1, -0.05) is 19.1 Å². The highest BCUT2D eigenvalue weighted by molar-refractivity contribution is 5.90. The molecule has 0 aromatic carbocycles. The summed E-state index contributed by atoms with van der Waals surface area (Å²) in [6.45, 7) is 3.07. The van der Waals surface area contributed by atoms with Gasteiger partial charge in [0.1, 0.15) is 6.04 Å². The number of nitrogens with zero attached hydrogens (tertiary/aromatic N) is 1. The number of nitrogens with two attached hydrogens (primary N) is 1. The fraction of sp³-hybridized carbons (Fsp3) is 0.667. The molecule has 3 atom stereocenters. The van der Waals surface area contributed by atoms with Gasteiger partial charge in [0.2, 0.25) is 11.8 Å². The van der Waals surface area contributed by atoms with Crippen LogP contribution in [-0.4, -0.2) is 41.9 Å². The topological polar surface area (TPSA) is 75.4 Å². The van der Waals surface area contributed by atoms with E-state index >= 15 is 0 Å². The monoisotopic (exact) mass is 237 g/mol. The second-order valence-electron chi connectivity index (χ2n) is 4.64. The summed E-state index contributed by atoms with van der Waals surface area (Å²) in [5, 5.41) is 2.79. The zero-order valence-corrected chi connectivity index (χ0v) is 10.1. The summed E-state index contributed by atoms with van der Waals surface area (Å²) in [5.41, 5.74) is 5.75. The first-order chi connectivity index (χ1) is 8.13. The van der Waals surface area contributed by atoms with Crippen LogP contribution in [-0.2, 0) is 9.59 Å². The summed E-state index contributed by atoms with van der Waals surface area (Å²) < 4.78 is 0. The number of carbonyl (C=O) groups excluding carboxylic acids is 2. The van der Waals surface area contributed by atoms with Crippen LogP contribution in [0.1, 0.15) is 19.8 Å². The Balaban J connectivity index is 2.07. The fourth-order valence-electron chi connectivity index (χ4n) is 2.51. The first kappa shape index (κ1) is 12.1. The first-order valence-electron chi connectivity index (χ1n) is 6.15. The number of hydrogen-bond acceptors (Lipinski definition) is 3. The van der Waals surface area contributed by atoms with E-state index in [9.17, 15) is 9.59 Å². The number of nitrogens with one attached hydrogen (secondary N) is 1. The predicted molar refractivity (Wildman–Crippen MR) is 64.0 cm³/mol. The average Bonchev–Trinajstić information content (AvgIpc) is 2.74. The van der Waals surface area contributed by atoms with E-state index in [1.165, 1.54) is 0 Å². The molecule has 1 aliphatic carbocycles. The quantitative estimate of drug-likeness (QED) is 0.643. The number of piperazine rings is 1. The highest BCUT2D eigenvalue weighted by Gasteiger charge is 2.35. The lowest BCUT2D eigenvalue weighted by Gasteiger charge is -2.35. The Hall–Kier alpha value is -1.36. The lowest BCUT2D eigenvalue weighted by Crippen LogP contribution is -2.58. The van der Waals surface area contributed by atoms with E-state index in [0.717, 1.165) is 0 Å². The van der Waals surface area contributed by atoms with E-state index in [2.05, 4.69) is 5.32 Å². The van der Waals surface area contributed by atoms with Crippen molar-refractivity contribution < 1.29 is 9.59 Å². The van der Waals surface area contributed by atoms with Crippen LogP contribution in [0.15, 0.2) is 12.2 Å². The lowest BCUT2D eigenvalue weighted by molar-refractivity contribution is -0.145. The molecule has 0 aromatic heterocycles. The fourth-order valence-corrected chi connectivity index (χ4v) is 2.51. The van der Waals surface area contributed by atoms with Crippen LogP contribution < -0.4 is 11.1 Å². The van der Waals surface area contributed by atoms with Crippen molar-refractivity contribution in [3.8, 4) is 0 Å². The van der Waals surface area contributed by atoms with Crippen LogP contribution in [0.2, 0.25) is 0 Å². The number of hydrogen-bond donors (Lipinski definition) is 2. The summed E-state index contributed by atoms with van der Waals surface area (Å²) >= 11 is 0. The minimum absolute atomic E-state index is 0.0253. The number of carbonyl (C=O) groups is 2. The molecule has 3 N–H and O–H groups in total. The number of amides is 2. The molecule has 1 aliphatic heterocycles. The molecule has 1 heterocycles. The minimum Gasteiger partial charge on any atom is -0.353 e. The largest absolute Gasteiger partial charge is 0.353 e. The predicted octanol–water partition coefficient (Wildman–Crippen LogP) is -0.373. The molecule has 2 rings (SSSR count). The van der Waals surface area contributed by atoms with E-state index in [1.54, 1.807) is 4.90 Å². The summed E-state index contributed by atoms with van der Waals surface area (Å²) in [5.74, 6) is -0.153. The Morgan fingerprint density at radius 3 is 2.94 bits per heavy atom. The van der Waals surface area contributed by atoms with Crippen molar-refractivity contribution >= 4 is 11.8 Å². The van der Waals surface area contributed by atoms with Crippen molar-refractivity contribution in [3.63, 3.8) is 0 Å². The molecule has 1 fully saturated rings. The second kappa shape index (κ2) is 4.87. The normalized spacial score (nSPS) is 32.7. The van der Waals surface area contributed by atoms with Crippen molar-refractivity contribution in [2.75, 3.05) is 13.1 Å². The third-order valence-electron chi connectivity index (χ3n) is 3.43. The zero-order chi connectivity index (χ0) is 12.4. The van der Waals surface area contributed by atoms with Gasteiger partial charge >= 0.3 is 0 Å². The summed E-state index contributed by atoms with van der Waals surface area (Å²) in [4.78, 5) is 25.7. The third kappa shape index (κ3) is 2.34. The van der Waals surface area contributed by atoms with E-state index in [-0.39, 0.29) is 29.8 Å². The van der Waals surface area contributed by atoms with Crippen LogP contribution in [0.4, 0.5) is 0 Å². The van der Waals surface area contributed by atoms with Crippen LogP contribution in [0.5, 0.6) is 0 Å². The van der Waals surface area contributed by atoms with E-state index in [4.69, 9.17) is 5.73 Å². The Labute approximate surface area is 101 Å². The van der Waals surface area contributed by atoms with E-state index < -0.39 is 0 Å². The average molecular weight is 237 g/mol. The van der Waals surface area contributed by atoms with E-state index in [0.29, 0.717) is 25.9 Å². The molecule has 0 radical (unpaired) electrons. The van der Waals surface area contributed by atoms with Crippen LogP contribution in [0.25, 0.3) is 0 Å². The molecule has 2 amide bonds.